The third kappa shape index (κ3) is 26.2. The molecule has 4 aliphatic rings. The third-order valence-corrected chi connectivity index (χ3v) is 21.6. The van der Waals surface area contributed by atoms with Crippen LogP contribution in [0.2, 0.25) is 0 Å². The van der Waals surface area contributed by atoms with E-state index in [1.807, 2.05) is 12.2 Å². The molecule has 4 aromatic rings. The van der Waals surface area contributed by atoms with E-state index in [9.17, 15) is 4.79 Å². The molecule has 4 heteroatoms. The van der Waals surface area contributed by atoms with Gasteiger partial charge in [-0.05, 0) is 98.2 Å². The Morgan fingerprint density at radius 2 is 0.796 bits per heavy atom. The topological polar surface area (TPSA) is 35.5 Å². The van der Waals surface area contributed by atoms with E-state index in [1.165, 1.54) is 296 Å². The van der Waals surface area contributed by atoms with Crippen LogP contribution < -0.4 is 4.74 Å². The van der Waals surface area contributed by atoms with Crippen molar-refractivity contribution in [3.63, 3.8) is 0 Å². The average Bonchev–Trinajstić information content (AvgIpc) is 1.66. The molecule has 0 aliphatic heterocycles. The maximum Gasteiger partial charge on any atom is 2.00 e. The average molecular weight is 1500 g/mol. The van der Waals surface area contributed by atoms with Crippen LogP contribution in [0, 0.1) is 24.3 Å². The summed E-state index contributed by atoms with van der Waals surface area (Å²) in [5.41, 5.74) is 16.5. The fraction of sp³-hybridized carbons (Fsp3) is 0.564. The fourth-order valence-corrected chi connectivity index (χ4v) is 15.9. The van der Waals surface area contributed by atoms with Crippen LogP contribution in [0.5, 0.6) is 5.75 Å². The molecule has 0 saturated carbocycles. The Kier molecular flexibility index (Phi) is 40.3. The van der Waals surface area contributed by atoms with Crippen molar-refractivity contribution < 1.29 is 35.3 Å². The van der Waals surface area contributed by atoms with E-state index in [0.717, 1.165) is 54.7 Å². The molecular formula is C94H130O3Pt+2. The Morgan fingerprint density at radius 1 is 0.429 bits per heavy atom. The van der Waals surface area contributed by atoms with Crippen molar-refractivity contribution in [2.24, 2.45) is 0 Å². The molecular weight excluding hydrogens is 1370 g/mol. The van der Waals surface area contributed by atoms with Crippen LogP contribution in [0.1, 0.15) is 350 Å². The molecule has 532 valence electrons. The molecule has 0 radical (unpaired) electrons. The summed E-state index contributed by atoms with van der Waals surface area (Å²) in [6, 6.07) is 33.2. The summed E-state index contributed by atoms with van der Waals surface area (Å²) in [4.78, 5) is 12.0. The normalized spacial score (nSPS) is 13.8. The second-order valence-electron chi connectivity index (χ2n) is 29.1. The summed E-state index contributed by atoms with van der Waals surface area (Å²) in [5, 5.41) is 0. The molecule has 0 amide bonds. The molecule has 0 heterocycles. The molecule has 0 aromatic heterocycles. The summed E-state index contributed by atoms with van der Waals surface area (Å²) in [5.74, 6) is 0.860. The van der Waals surface area contributed by atoms with Crippen LogP contribution >= 0.6 is 0 Å². The molecule has 0 saturated heterocycles. The van der Waals surface area contributed by atoms with Gasteiger partial charge in [0.2, 0.25) is 0 Å². The van der Waals surface area contributed by atoms with Crippen LogP contribution in [0.15, 0.2) is 141 Å². The molecule has 0 fully saturated rings. The predicted molar refractivity (Wildman–Crippen MR) is 419 cm³/mol. The van der Waals surface area contributed by atoms with Crippen LogP contribution in [-0.4, -0.2) is 18.7 Å². The van der Waals surface area contributed by atoms with Crippen LogP contribution in [0.25, 0.3) is 33.4 Å². The number of carbonyl (C=O) groups is 1. The number of allylic oxidation sites excluding steroid dienone is 12. The van der Waals surface area contributed by atoms with Crippen molar-refractivity contribution in [2.75, 3.05) is 6.61 Å². The van der Waals surface area contributed by atoms with Gasteiger partial charge in [-0.3, -0.25) is 4.79 Å². The minimum atomic E-state index is -0.384. The van der Waals surface area contributed by atoms with Crippen LogP contribution in [0.3, 0.4) is 0 Å². The van der Waals surface area contributed by atoms with Gasteiger partial charge in [-0.15, -0.1) is 23.3 Å². The molecule has 0 spiro atoms. The maximum atomic E-state index is 12.0. The second-order valence-corrected chi connectivity index (χ2v) is 29.1. The first kappa shape index (κ1) is 81.5. The first-order valence-electron chi connectivity index (χ1n) is 40.2. The van der Waals surface area contributed by atoms with Gasteiger partial charge in [0, 0.05) is 41.6 Å². The van der Waals surface area contributed by atoms with Gasteiger partial charge in [0.1, 0.15) is 11.9 Å². The fourth-order valence-electron chi connectivity index (χ4n) is 15.9. The van der Waals surface area contributed by atoms with Gasteiger partial charge in [-0.25, -0.2) is 0 Å². The van der Waals surface area contributed by atoms with Crippen LogP contribution in [-0.2, 0) is 41.4 Å². The zero-order valence-electron chi connectivity index (χ0n) is 62.2. The Balaban J connectivity index is 0.000000329. The first-order valence-corrected chi connectivity index (χ1v) is 40.2. The minimum absolute atomic E-state index is 0. The summed E-state index contributed by atoms with van der Waals surface area (Å²) in [6.07, 6.45) is 84.5. The summed E-state index contributed by atoms with van der Waals surface area (Å²) < 4.78 is 11.9. The number of esters is 1. The van der Waals surface area contributed by atoms with E-state index in [-0.39, 0.29) is 44.0 Å². The molecule has 4 aromatic carbocycles. The van der Waals surface area contributed by atoms with Gasteiger partial charge in [0.15, 0.2) is 0 Å². The van der Waals surface area contributed by atoms with Crippen molar-refractivity contribution >= 4 is 17.1 Å². The summed E-state index contributed by atoms with van der Waals surface area (Å²) in [6.45, 7) is 17.3. The minimum Gasteiger partial charge on any atom is -0.494 e. The van der Waals surface area contributed by atoms with E-state index in [0.29, 0.717) is 6.42 Å². The predicted octanol–water partition coefficient (Wildman–Crippen LogP) is 28.4. The molecule has 0 atom stereocenters. The maximum absolute atomic E-state index is 12.0. The molecule has 4 aliphatic carbocycles. The zero-order chi connectivity index (χ0) is 68.3. The van der Waals surface area contributed by atoms with Crippen molar-refractivity contribution in [3.05, 3.63) is 198 Å². The quantitative estimate of drug-likeness (QED) is 0.0191. The Hall–Kier alpha value is -5.42. The smallest absolute Gasteiger partial charge is 0.494 e. The van der Waals surface area contributed by atoms with Gasteiger partial charge in [0.05, 0.1) is 29.9 Å². The standard InChI is InChI=1S/C55H78O3.C39H52.Pt/c1-5-9-11-13-15-20-24-31-41-55(42-32-25-21-16-14-12-10-6-2)52-44-47(46-34-28-27-29-35-46)37-39-50(52)51-40-38-49(45-53(51)55)57-43-33-26-22-18-17-19-23-30-36-54(56)58-48(7-3)8-4;1-3-5-7-9-11-13-15-22-30-39(31-23-16-14-12-10-8-6-4-2)37-27-21-20-26-35(37)36-29-28-34(32-38(36)39)33-24-18-17-19-25-33;/h7-8,27-29,34,38-40,44-45,48H,3-6,9-26,30-33,36,41-43H2,1-2H3;17-21,24,26-27,29,32H,3-16,22-23,30-31H2,1-2H3;/q;;+2. The number of unbranched alkanes of at least 4 members (excludes halogenated alkanes) is 35. The molecule has 0 N–H and O–H groups in total. The number of fused-ring (bicyclic) bond motifs is 6. The number of rotatable bonds is 53. The van der Waals surface area contributed by atoms with Crippen molar-refractivity contribution in [3.8, 4) is 28.0 Å². The molecule has 98 heavy (non-hydrogen) atoms. The Morgan fingerprint density at radius 3 is 1.20 bits per heavy atom. The van der Waals surface area contributed by atoms with Crippen LogP contribution in [0.4, 0.5) is 0 Å². The Bertz CT molecular complexity index is 3050. The molecule has 8 rings (SSSR count). The van der Waals surface area contributed by atoms with Crippen molar-refractivity contribution in [2.45, 2.75) is 334 Å². The summed E-state index contributed by atoms with van der Waals surface area (Å²) in [7, 11) is 0. The van der Waals surface area contributed by atoms with Crippen molar-refractivity contribution in [1.29, 1.82) is 0 Å². The summed E-state index contributed by atoms with van der Waals surface area (Å²) >= 11 is 0. The van der Waals surface area contributed by atoms with E-state index in [2.05, 4.69) is 168 Å². The third-order valence-electron chi connectivity index (χ3n) is 21.6. The van der Waals surface area contributed by atoms with Gasteiger partial charge in [0.25, 0.3) is 0 Å². The number of hydrogen-bond donors (Lipinski definition) is 0. The SMILES string of the molecule is C=CC(C=C)OC(=O)CCCCCCCCCCOc1ccc2c(c1)C(CCCCCCCCCC)(CCCCCCCCCC)c1cc(C3=CC=CC=[C+]3)[c-]cc1-2.CCCCCCCCCCC1(CCCCCCCCCC)c2ccccc2-c2c[c-]c(C3=CC=CC=[C+]3)cc21.[Pt+2]. The molecule has 0 unspecified atom stereocenters. The largest absolute Gasteiger partial charge is 2.00 e. The monoisotopic (exact) mass is 1500 g/mol. The van der Waals surface area contributed by atoms with Gasteiger partial charge < -0.3 is 9.47 Å². The zero-order valence-corrected chi connectivity index (χ0v) is 64.5. The number of hydrogen-bond acceptors (Lipinski definition) is 3. The number of ether oxygens (including phenoxy) is 2. The van der Waals surface area contributed by atoms with E-state index in [4.69, 9.17) is 9.47 Å². The van der Waals surface area contributed by atoms with E-state index in [1.54, 1.807) is 23.3 Å². The molecule has 0 bridgehead atoms. The second kappa shape index (κ2) is 48.4. The molecule has 3 nitrogen and oxygen atoms in total. The van der Waals surface area contributed by atoms with Crippen molar-refractivity contribution in [1.82, 2.24) is 0 Å². The van der Waals surface area contributed by atoms with Gasteiger partial charge >= 0.3 is 27.0 Å². The van der Waals surface area contributed by atoms with Gasteiger partial charge in [-0.2, -0.15) is 0 Å². The van der Waals surface area contributed by atoms with Gasteiger partial charge in [-0.1, -0.05) is 373 Å². The Labute approximate surface area is 614 Å². The van der Waals surface area contributed by atoms with E-state index >= 15 is 0 Å². The van der Waals surface area contributed by atoms with E-state index < -0.39 is 0 Å². The number of carbonyl (C=O) groups excluding carboxylic acids is 1. The number of benzene rings is 4. The first-order chi connectivity index (χ1) is 47.9.